The van der Waals surface area contributed by atoms with E-state index in [0.29, 0.717) is 12.0 Å². The lowest BCUT2D eigenvalue weighted by molar-refractivity contribution is -0.120. The first-order chi connectivity index (χ1) is 11.5. The zero-order valence-corrected chi connectivity index (χ0v) is 14.4. The summed E-state index contributed by atoms with van der Waals surface area (Å²) < 4.78 is 1.89. The third kappa shape index (κ3) is 3.90. The van der Waals surface area contributed by atoms with Crippen LogP contribution in [0.4, 0.5) is 5.69 Å². The van der Waals surface area contributed by atoms with E-state index >= 15 is 0 Å². The second-order valence-electron chi connectivity index (χ2n) is 6.71. The lowest BCUT2D eigenvalue weighted by Gasteiger charge is -2.17. The molecule has 1 aliphatic carbocycles. The molecule has 0 bridgehead atoms. The van der Waals surface area contributed by atoms with Crippen molar-refractivity contribution < 1.29 is 4.79 Å². The van der Waals surface area contributed by atoms with E-state index in [9.17, 15) is 4.79 Å². The van der Waals surface area contributed by atoms with Crippen molar-refractivity contribution in [1.29, 1.82) is 0 Å². The molecule has 1 aliphatic rings. The Morgan fingerprint density at radius 1 is 1.25 bits per heavy atom. The van der Waals surface area contributed by atoms with Gasteiger partial charge in [0.2, 0.25) is 5.91 Å². The minimum Gasteiger partial charge on any atom is -0.376 e. The average molecular weight is 328 g/mol. The molecule has 1 aromatic heterocycles. The monoisotopic (exact) mass is 328 g/mol. The number of tetrazole rings is 1. The lowest BCUT2D eigenvalue weighted by atomic mass is 10.1. The second-order valence-corrected chi connectivity index (χ2v) is 6.71. The molecule has 1 saturated carbocycles. The van der Waals surface area contributed by atoms with Crippen LogP contribution in [0.5, 0.6) is 0 Å². The van der Waals surface area contributed by atoms with Gasteiger partial charge in [-0.3, -0.25) is 4.79 Å². The summed E-state index contributed by atoms with van der Waals surface area (Å²) in [4.78, 5) is 11.9. The summed E-state index contributed by atoms with van der Waals surface area (Å²) >= 11 is 0. The summed E-state index contributed by atoms with van der Waals surface area (Å²) in [5, 5.41) is 18.1. The molecule has 7 nitrogen and oxygen atoms in total. The van der Waals surface area contributed by atoms with Crippen LogP contribution < -0.4 is 10.6 Å². The third-order valence-corrected chi connectivity index (χ3v) is 4.37. The molecule has 3 rings (SSSR count). The largest absolute Gasteiger partial charge is 0.376 e. The van der Waals surface area contributed by atoms with Gasteiger partial charge in [-0.2, -0.15) is 0 Å². The fourth-order valence-electron chi connectivity index (χ4n) is 2.34. The molecule has 1 heterocycles. The minimum absolute atomic E-state index is 0.00190. The first-order valence-electron chi connectivity index (χ1n) is 8.46. The highest BCUT2D eigenvalue weighted by Crippen LogP contribution is 2.36. The molecule has 1 aromatic carbocycles. The molecule has 0 radical (unpaired) electrons. The Hall–Kier alpha value is -2.44. The van der Waals surface area contributed by atoms with E-state index in [0.717, 1.165) is 29.9 Å². The Balaban J connectivity index is 1.57. The Labute approximate surface area is 141 Å². The fraction of sp³-hybridized carbons (Fsp3) is 0.529. The lowest BCUT2D eigenvalue weighted by Crippen LogP contribution is -2.39. The zero-order valence-electron chi connectivity index (χ0n) is 14.4. The predicted octanol–water partition coefficient (Wildman–Crippen LogP) is 2.25. The van der Waals surface area contributed by atoms with Crippen molar-refractivity contribution in [2.24, 2.45) is 5.92 Å². The maximum Gasteiger partial charge on any atom is 0.239 e. The first-order valence-corrected chi connectivity index (χ1v) is 8.46. The summed E-state index contributed by atoms with van der Waals surface area (Å²) in [6, 6.07) is 8.45. The van der Waals surface area contributed by atoms with Gasteiger partial charge >= 0.3 is 0 Å². The molecule has 0 saturated heterocycles. The molecule has 0 unspecified atom stereocenters. The van der Waals surface area contributed by atoms with Gasteiger partial charge in [-0.25, -0.2) is 4.68 Å². The van der Waals surface area contributed by atoms with Gasteiger partial charge in [0.15, 0.2) is 5.82 Å². The van der Waals surface area contributed by atoms with Gasteiger partial charge in [0.25, 0.3) is 0 Å². The van der Waals surface area contributed by atoms with E-state index in [4.69, 9.17) is 0 Å². The highest BCUT2D eigenvalue weighted by Gasteiger charge is 2.28. The van der Waals surface area contributed by atoms with Crippen molar-refractivity contribution >= 4 is 11.6 Å². The number of carbonyl (C=O) groups excluding carboxylic acids is 1. The molecular formula is C17H24N6O. The summed E-state index contributed by atoms with van der Waals surface area (Å²) in [6.07, 6.45) is 2.28. The number of amides is 1. The van der Waals surface area contributed by atoms with Crippen LogP contribution in [0.1, 0.15) is 39.7 Å². The number of rotatable bonds is 7. The van der Waals surface area contributed by atoms with E-state index in [1.165, 1.54) is 0 Å². The smallest absolute Gasteiger partial charge is 0.239 e. The summed E-state index contributed by atoms with van der Waals surface area (Å²) in [5.74, 6) is 1.22. The van der Waals surface area contributed by atoms with Crippen molar-refractivity contribution in [3.63, 3.8) is 0 Å². The molecule has 1 atom stereocenters. The topological polar surface area (TPSA) is 84.7 Å². The molecule has 1 amide bonds. The van der Waals surface area contributed by atoms with Crippen LogP contribution in [0, 0.1) is 5.92 Å². The number of hydrogen-bond donors (Lipinski definition) is 2. The van der Waals surface area contributed by atoms with Crippen molar-refractivity contribution in [3.8, 4) is 11.4 Å². The number of aromatic nitrogens is 4. The van der Waals surface area contributed by atoms with Crippen LogP contribution in [0.25, 0.3) is 11.4 Å². The van der Waals surface area contributed by atoms with Crippen LogP contribution in [0.3, 0.4) is 0 Å². The molecule has 7 heteroatoms. The molecule has 1 fully saturated rings. The van der Waals surface area contributed by atoms with Crippen LogP contribution in [0.15, 0.2) is 24.3 Å². The van der Waals surface area contributed by atoms with E-state index in [-0.39, 0.29) is 18.5 Å². The summed E-state index contributed by atoms with van der Waals surface area (Å²) in [7, 11) is 0. The predicted molar refractivity (Wildman–Crippen MR) is 92.5 cm³/mol. The number of nitrogens with one attached hydrogen (secondary N) is 2. The Morgan fingerprint density at radius 2 is 1.96 bits per heavy atom. The Morgan fingerprint density at radius 3 is 2.58 bits per heavy atom. The van der Waals surface area contributed by atoms with E-state index < -0.39 is 0 Å². The number of nitrogens with zero attached hydrogens (tertiary/aromatic N) is 4. The Bertz CT molecular complexity index is 689. The average Bonchev–Trinajstić information content (AvgIpc) is 3.30. The first kappa shape index (κ1) is 16.4. The quantitative estimate of drug-likeness (QED) is 0.814. The van der Waals surface area contributed by atoms with Gasteiger partial charge in [-0.05, 0) is 60.4 Å². The summed E-state index contributed by atoms with van der Waals surface area (Å²) in [5.41, 5.74) is 1.88. The van der Waals surface area contributed by atoms with E-state index in [1.54, 1.807) is 0 Å². The van der Waals surface area contributed by atoms with Crippen LogP contribution in [-0.4, -0.2) is 38.7 Å². The van der Waals surface area contributed by atoms with E-state index in [2.05, 4.69) is 40.0 Å². The van der Waals surface area contributed by atoms with Gasteiger partial charge in [-0.15, -0.1) is 5.10 Å². The fourth-order valence-corrected chi connectivity index (χ4v) is 2.34. The molecule has 2 N–H and O–H groups in total. The second kappa shape index (κ2) is 6.98. The number of hydrogen-bond acceptors (Lipinski definition) is 5. The maximum absolute atomic E-state index is 11.9. The van der Waals surface area contributed by atoms with Gasteiger partial charge < -0.3 is 10.6 Å². The maximum atomic E-state index is 11.9. The van der Waals surface area contributed by atoms with Crippen molar-refractivity contribution in [1.82, 2.24) is 25.5 Å². The highest BCUT2D eigenvalue weighted by atomic mass is 16.1. The van der Waals surface area contributed by atoms with Crippen molar-refractivity contribution in [2.45, 2.75) is 45.7 Å². The Kier molecular flexibility index (Phi) is 4.78. The number of benzene rings is 1. The van der Waals surface area contributed by atoms with Crippen LogP contribution in [0.2, 0.25) is 0 Å². The molecule has 0 spiro atoms. The van der Waals surface area contributed by atoms with Crippen LogP contribution in [-0.2, 0) is 4.79 Å². The number of anilines is 1. The van der Waals surface area contributed by atoms with Crippen molar-refractivity contribution in [2.75, 3.05) is 11.9 Å². The molecule has 2 aromatic rings. The van der Waals surface area contributed by atoms with Gasteiger partial charge in [-0.1, -0.05) is 13.8 Å². The van der Waals surface area contributed by atoms with Gasteiger partial charge in [0, 0.05) is 17.3 Å². The molecule has 24 heavy (non-hydrogen) atoms. The van der Waals surface area contributed by atoms with Crippen molar-refractivity contribution in [3.05, 3.63) is 24.3 Å². The SMILES string of the molecule is CC(C)[C@@H](C)NC(=O)CNc1ccc(-c2nnnn2C2CC2)cc1. The molecule has 128 valence electrons. The zero-order chi connectivity index (χ0) is 17.1. The highest BCUT2D eigenvalue weighted by molar-refractivity contribution is 5.81. The normalized spacial score (nSPS) is 15.3. The standard InChI is InChI=1S/C17H24N6O/c1-11(2)12(3)19-16(24)10-18-14-6-4-13(5-7-14)17-20-21-22-23(17)15-8-9-15/h4-7,11-12,15,18H,8-10H2,1-3H3,(H,19,24)/t12-/m1/s1. The van der Waals surface area contributed by atoms with Gasteiger partial charge in [0.1, 0.15) is 0 Å². The third-order valence-electron chi connectivity index (χ3n) is 4.37. The molecular weight excluding hydrogens is 304 g/mol. The minimum atomic E-state index is -0.00190. The number of carbonyl (C=O) groups is 1. The molecule has 0 aliphatic heterocycles. The summed E-state index contributed by atoms with van der Waals surface area (Å²) in [6.45, 7) is 6.45. The van der Waals surface area contributed by atoms with Gasteiger partial charge in [0.05, 0.1) is 12.6 Å². The van der Waals surface area contributed by atoms with Crippen LogP contribution >= 0.6 is 0 Å². The van der Waals surface area contributed by atoms with E-state index in [1.807, 2.05) is 35.9 Å².